The number of phenols is 1. The highest BCUT2D eigenvalue weighted by atomic mass is 19.2. The number of nitrogens with zero attached hydrogens (tertiary/aromatic N) is 2. The van der Waals surface area contributed by atoms with Gasteiger partial charge in [0, 0.05) is 24.4 Å². The lowest BCUT2D eigenvalue weighted by molar-refractivity contribution is 0.477. The van der Waals surface area contributed by atoms with Crippen molar-refractivity contribution in [3.05, 3.63) is 117 Å². The van der Waals surface area contributed by atoms with E-state index in [2.05, 4.69) is 5.10 Å². The molecular formula is C27H24F2N2O2. The highest BCUT2D eigenvalue weighted by Gasteiger charge is 2.16. The molecule has 0 saturated heterocycles. The summed E-state index contributed by atoms with van der Waals surface area (Å²) in [6.07, 6.45) is 3.31. The Hall–Kier alpha value is -3.80. The Kier molecular flexibility index (Phi) is 6.63. The van der Waals surface area contributed by atoms with Crippen LogP contribution in [-0.2, 0) is 25.8 Å². The molecule has 4 rings (SSSR count). The SMILES string of the molecule is Cc1c(CCn2ncccc2=O)ccc(CCc2ccc(F)c(F)c2)c1-c1ccccc1O. The van der Waals surface area contributed by atoms with Gasteiger partial charge in [0.05, 0.1) is 0 Å². The van der Waals surface area contributed by atoms with Crippen LogP contribution in [-0.4, -0.2) is 14.9 Å². The number of aromatic hydroxyl groups is 1. The predicted octanol–water partition coefficient (Wildman–Crippen LogP) is 5.23. The fraction of sp³-hybridized carbons (Fsp3) is 0.185. The first-order valence-electron chi connectivity index (χ1n) is 10.8. The molecule has 0 saturated carbocycles. The van der Waals surface area contributed by atoms with E-state index >= 15 is 0 Å². The third-order valence-corrected chi connectivity index (χ3v) is 5.88. The molecule has 4 nitrogen and oxygen atoms in total. The van der Waals surface area contributed by atoms with E-state index in [1.807, 2.05) is 31.2 Å². The zero-order valence-electron chi connectivity index (χ0n) is 18.3. The molecule has 0 bridgehead atoms. The van der Waals surface area contributed by atoms with Crippen LogP contribution in [0.25, 0.3) is 11.1 Å². The molecule has 0 unspecified atom stereocenters. The molecule has 1 heterocycles. The molecule has 1 N–H and O–H groups in total. The van der Waals surface area contributed by atoms with Crippen LogP contribution in [0.4, 0.5) is 8.78 Å². The molecule has 0 fully saturated rings. The summed E-state index contributed by atoms with van der Waals surface area (Å²) in [7, 11) is 0. The Morgan fingerprint density at radius 3 is 2.42 bits per heavy atom. The molecule has 0 radical (unpaired) electrons. The molecule has 0 aliphatic carbocycles. The number of hydrogen-bond donors (Lipinski definition) is 1. The van der Waals surface area contributed by atoms with Gasteiger partial charge in [-0.1, -0.05) is 36.4 Å². The van der Waals surface area contributed by atoms with Crippen LogP contribution in [0.15, 0.2) is 77.7 Å². The lowest BCUT2D eigenvalue weighted by Gasteiger charge is -2.18. The van der Waals surface area contributed by atoms with Crippen molar-refractivity contribution in [2.24, 2.45) is 0 Å². The van der Waals surface area contributed by atoms with Crippen LogP contribution in [0.5, 0.6) is 5.75 Å². The van der Waals surface area contributed by atoms with Gasteiger partial charge in [-0.3, -0.25) is 4.79 Å². The topological polar surface area (TPSA) is 55.1 Å². The van der Waals surface area contributed by atoms with E-state index in [4.69, 9.17) is 0 Å². The van der Waals surface area contributed by atoms with Gasteiger partial charge >= 0.3 is 0 Å². The predicted molar refractivity (Wildman–Crippen MR) is 124 cm³/mol. The first kappa shape index (κ1) is 22.4. The second-order valence-electron chi connectivity index (χ2n) is 7.98. The molecule has 1 aromatic heterocycles. The molecule has 6 heteroatoms. The molecule has 0 aliphatic heterocycles. The summed E-state index contributed by atoms with van der Waals surface area (Å²) in [6, 6.07) is 18.2. The minimum atomic E-state index is -0.860. The van der Waals surface area contributed by atoms with E-state index in [9.17, 15) is 18.7 Å². The smallest absolute Gasteiger partial charge is 0.266 e. The molecule has 0 spiro atoms. The number of aryl methyl sites for hydroxylation is 4. The van der Waals surface area contributed by atoms with Crippen LogP contribution < -0.4 is 5.56 Å². The van der Waals surface area contributed by atoms with Gasteiger partial charge in [0.25, 0.3) is 5.56 Å². The maximum atomic E-state index is 13.6. The van der Waals surface area contributed by atoms with Crippen LogP contribution in [0.3, 0.4) is 0 Å². The van der Waals surface area contributed by atoms with Crippen molar-refractivity contribution in [3.63, 3.8) is 0 Å². The largest absolute Gasteiger partial charge is 0.507 e. The van der Waals surface area contributed by atoms with Crippen LogP contribution in [0.2, 0.25) is 0 Å². The number of benzene rings is 3. The van der Waals surface area contributed by atoms with Crippen molar-refractivity contribution in [2.45, 2.75) is 32.7 Å². The van der Waals surface area contributed by atoms with Crippen molar-refractivity contribution in [3.8, 4) is 16.9 Å². The molecular weight excluding hydrogens is 422 g/mol. The maximum absolute atomic E-state index is 13.6. The zero-order chi connectivity index (χ0) is 23.4. The van der Waals surface area contributed by atoms with E-state index < -0.39 is 11.6 Å². The van der Waals surface area contributed by atoms with E-state index in [1.54, 1.807) is 30.5 Å². The lowest BCUT2D eigenvalue weighted by Crippen LogP contribution is -2.22. The molecule has 0 atom stereocenters. The van der Waals surface area contributed by atoms with Crippen molar-refractivity contribution in [2.75, 3.05) is 0 Å². The summed E-state index contributed by atoms with van der Waals surface area (Å²) in [4.78, 5) is 12.0. The Balaban J connectivity index is 1.68. The number of aromatic nitrogens is 2. The molecule has 4 aromatic rings. The third-order valence-electron chi connectivity index (χ3n) is 5.88. The summed E-state index contributed by atoms with van der Waals surface area (Å²) in [5, 5.41) is 14.7. The van der Waals surface area contributed by atoms with Crippen LogP contribution in [0, 0.1) is 18.6 Å². The summed E-state index contributed by atoms with van der Waals surface area (Å²) < 4.78 is 28.3. The maximum Gasteiger partial charge on any atom is 0.266 e. The van der Waals surface area contributed by atoms with Gasteiger partial charge in [0.15, 0.2) is 11.6 Å². The Bertz CT molecular complexity index is 1350. The van der Waals surface area contributed by atoms with Gasteiger partial charge in [-0.2, -0.15) is 5.10 Å². The average Bonchev–Trinajstić information content (AvgIpc) is 2.81. The number of rotatable bonds is 7. The first-order chi connectivity index (χ1) is 15.9. The zero-order valence-corrected chi connectivity index (χ0v) is 18.3. The quantitative estimate of drug-likeness (QED) is 0.423. The first-order valence-corrected chi connectivity index (χ1v) is 10.8. The fourth-order valence-corrected chi connectivity index (χ4v) is 4.11. The monoisotopic (exact) mass is 446 g/mol. The van der Waals surface area contributed by atoms with Gasteiger partial charge in [-0.25, -0.2) is 13.5 Å². The van der Waals surface area contributed by atoms with Gasteiger partial charge in [0.2, 0.25) is 0 Å². The van der Waals surface area contributed by atoms with Gasteiger partial charge < -0.3 is 5.11 Å². The highest BCUT2D eigenvalue weighted by molar-refractivity contribution is 5.77. The van der Waals surface area contributed by atoms with Crippen molar-refractivity contribution in [1.29, 1.82) is 0 Å². The minimum Gasteiger partial charge on any atom is -0.507 e. The molecule has 168 valence electrons. The number of phenolic OH excluding ortho intramolecular Hbond substituents is 1. The Labute approximate surface area is 190 Å². The van der Waals surface area contributed by atoms with Gasteiger partial charge in [-0.15, -0.1) is 0 Å². The average molecular weight is 446 g/mol. The second kappa shape index (κ2) is 9.77. The summed E-state index contributed by atoms with van der Waals surface area (Å²) in [6.45, 7) is 2.44. The van der Waals surface area contributed by atoms with E-state index in [1.165, 1.54) is 16.8 Å². The van der Waals surface area contributed by atoms with E-state index in [0.717, 1.165) is 28.3 Å². The normalized spacial score (nSPS) is 11.0. The van der Waals surface area contributed by atoms with E-state index in [-0.39, 0.29) is 11.3 Å². The highest BCUT2D eigenvalue weighted by Crippen LogP contribution is 2.36. The number of halogens is 2. The van der Waals surface area contributed by atoms with E-state index in [0.29, 0.717) is 36.9 Å². The lowest BCUT2D eigenvalue weighted by atomic mass is 9.87. The Morgan fingerprint density at radius 1 is 0.879 bits per heavy atom. The van der Waals surface area contributed by atoms with Crippen molar-refractivity contribution in [1.82, 2.24) is 9.78 Å². The fourth-order valence-electron chi connectivity index (χ4n) is 4.11. The van der Waals surface area contributed by atoms with Crippen molar-refractivity contribution >= 4 is 0 Å². The number of para-hydroxylation sites is 1. The minimum absolute atomic E-state index is 0.153. The standard InChI is InChI=1S/C27H24F2N2O2/c1-18-20(14-16-31-26(33)7-4-15-30-31)11-12-21(27(18)22-5-2-3-6-25(22)32)10-8-19-9-13-23(28)24(29)17-19/h2-7,9,11-13,15,17,32H,8,10,14,16H2,1H3. The molecule has 33 heavy (non-hydrogen) atoms. The summed E-state index contributed by atoms with van der Waals surface area (Å²) in [5.41, 5.74) is 5.23. The number of hydrogen-bond acceptors (Lipinski definition) is 3. The second-order valence-corrected chi connectivity index (χ2v) is 7.98. The van der Waals surface area contributed by atoms with Crippen LogP contribution in [0.1, 0.15) is 22.3 Å². The van der Waals surface area contributed by atoms with Crippen LogP contribution >= 0.6 is 0 Å². The molecule has 0 amide bonds. The third kappa shape index (κ3) is 5.00. The molecule has 0 aliphatic rings. The summed E-state index contributed by atoms with van der Waals surface area (Å²) >= 11 is 0. The molecule has 3 aromatic carbocycles. The van der Waals surface area contributed by atoms with Gasteiger partial charge in [0.1, 0.15) is 5.75 Å². The Morgan fingerprint density at radius 2 is 1.67 bits per heavy atom. The van der Waals surface area contributed by atoms with Gasteiger partial charge in [-0.05, 0) is 78.3 Å². The van der Waals surface area contributed by atoms with Crippen molar-refractivity contribution < 1.29 is 13.9 Å². The summed E-state index contributed by atoms with van der Waals surface area (Å²) in [5.74, 6) is -1.54.